The maximum atomic E-state index is 3.80. The Hall–Kier alpha value is -0.0800. The van der Waals surface area contributed by atoms with Gasteiger partial charge in [-0.15, -0.1) is 0 Å². The first-order valence-corrected chi connectivity index (χ1v) is 5.70. The molecule has 0 bridgehead atoms. The Balaban J connectivity index is 1.77. The molecule has 1 saturated heterocycles. The van der Waals surface area contributed by atoms with Crippen LogP contribution in [0.15, 0.2) is 0 Å². The van der Waals surface area contributed by atoms with Gasteiger partial charge in [-0.2, -0.15) is 0 Å². The molecule has 76 valence electrons. The predicted octanol–water partition coefficient (Wildman–Crippen LogP) is 1.47. The maximum Gasteiger partial charge on any atom is 0.0120 e. The van der Waals surface area contributed by atoms with Gasteiger partial charge < -0.3 is 10.2 Å². The van der Waals surface area contributed by atoms with Crippen LogP contribution in [0.25, 0.3) is 0 Å². The van der Waals surface area contributed by atoms with E-state index in [0.29, 0.717) is 0 Å². The normalized spacial score (nSPS) is 37.4. The molecule has 1 aliphatic heterocycles. The summed E-state index contributed by atoms with van der Waals surface area (Å²) in [7, 11) is 2.23. The summed E-state index contributed by atoms with van der Waals surface area (Å²) in [4.78, 5) is 2.45. The monoisotopic (exact) mass is 182 g/mol. The lowest BCUT2D eigenvalue weighted by molar-refractivity contribution is 0.152. The van der Waals surface area contributed by atoms with Crippen molar-refractivity contribution in [2.75, 3.05) is 20.1 Å². The quantitative estimate of drug-likeness (QED) is 0.695. The molecule has 13 heavy (non-hydrogen) atoms. The van der Waals surface area contributed by atoms with Crippen molar-refractivity contribution in [1.82, 2.24) is 10.2 Å². The van der Waals surface area contributed by atoms with Crippen LogP contribution in [-0.2, 0) is 0 Å². The molecule has 0 amide bonds. The van der Waals surface area contributed by atoms with E-state index in [4.69, 9.17) is 0 Å². The molecule has 2 nitrogen and oxygen atoms in total. The molecule has 0 aromatic rings. The lowest BCUT2D eigenvalue weighted by atomic mass is 9.88. The Morgan fingerprint density at radius 3 is 2.54 bits per heavy atom. The molecule has 2 atom stereocenters. The van der Waals surface area contributed by atoms with Crippen LogP contribution in [0.5, 0.6) is 0 Å². The average molecular weight is 182 g/mol. The third-order valence-corrected chi connectivity index (χ3v) is 3.66. The minimum Gasteiger partial charge on any atom is -0.311 e. The summed E-state index contributed by atoms with van der Waals surface area (Å²) in [6.07, 6.45) is 5.62. The van der Waals surface area contributed by atoms with Crippen molar-refractivity contribution in [3.05, 3.63) is 0 Å². The van der Waals surface area contributed by atoms with Gasteiger partial charge >= 0.3 is 0 Å². The fraction of sp³-hybridized carbons (Fsp3) is 1.00. The number of likely N-dealkylation sites (tertiary alicyclic amines) is 1. The first-order chi connectivity index (χ1) is 6.25. The highest BCUT2D eigenvalue weighted by molar-refractivity contribution is 4.87. The van der Waals surface area contributed by atoms with Crippen LogP contribution in [0.4, 0.5) is 0 Å². The molecule has 1 saturated carbocycles. The first-order valence-electron chi connectivity index (χ1n) is 5.70. The second-order valence-electron chi connectivity index (χ2n) is 4.93. The van der Waals surface area contributed by atoms with E-state index in [0.717, 1.165) is 18.0 Å². The van der Waals surface area contributed by atoms with Crippen molar-refractivity contribution in [1.29, 1.82) is 0 Å². The number of piperidine rings is 1. The zero-order valence-corrected chi connectivity index (χ0v) is 8.92. The van der Waals surface area contributed by atoms with Crippen LogP contribution in [0.1, 0.15) is 32.6 Å². The zero-order chi connectivity index (χ0) is 9.26. The molecule has 2 rings (SSSR count). The molecule has 2 unspecified atom stereocenters. The minimum atomic E-state index is 0.793. The van der Waals surface area contributed by atoms with Gasteiger partial charge in [0.25, 0.3) is 0 Å². The Labute approximate surface area is 81.7 Å². The third kappa shape index (κ3) is 2.23. The van der Waals surface area contributed by atoms with E-state index >= 15 is 0 Å². The van der Waals surface area contributed by atoms with E-state index in [9.17, 15) is 0 Å². The van der Waals surface area contributed by atoms with E-state index < -0.39 is 0 Å². The second-order valence-corrected chi connectivity index (χ2v) is 4.93. The van der Waals surface area contributed by atoms with Gasteiger partial charge in [-0.05, 0) is 38.8 Å². The Morgan fingerprint density at radius 2 is 2.00 bits per heavy atom. The molecule has 2 aliphatic rings. The van der Waals surface area contributed by atoms with Crippen molar-refractivity contribution < 1.29 is 0 Å². The van der Waals surface area contributed by atoms with Gasteiger partial charge in [0.05, 0.1) is 0 Å². The Morgan fingerprint density at radius 1 is 1.23 bits per heavy atom. The van der Waals surface area contributed by atoms with Crippen molar-refractivity contribution >= 4 is 0 Å². The number of rotatable bonds is 2. The molecule has 1 heterocycles. The smallest absolute Gasteiger partial charge is 0.0120 e. The number of hydrogen-bond acceptors (Lipinski definition) is 2. The summed E-state index contributed by atoms with van der Waals surface area (Å²) in [6.45, 7) is 4.92. The van der Waals surface area contributed by atoms with E-state index in [-0.39, 0.29) is 0 Å². The fourth-order valence-electron chi connectivity index (χ4n) is 2.48. The highest BCUT2D eigenvalue weighted by Gasteiger charge is 2.27. The second kappa shape index (κ2) is 3.97. The highest BCUT2D eigenvalue weighted by atomic mass is 15.1. The van der Waals surface area contributed by atoms with Crippen LogP contribution in [0.3, 0.4) is 0 Å². The molecular weight excluding hydrogens is 160 g/mol. The van der Waals surface area contributed by atoms with Gasteiger partial charge in [-0.3, -0.25) is 0 Å². The molecule has 0 spiro atoms. The van der Waals surface area contributed by atoms with E-state index in [1.807, 2.05) is 0 Å². The van der Waals surface area contributed by atoms with E-state index in [1.165, 1.54) is 38.8 Å². The third-order valence-electron chi connectivity index (χ3n) is 3.66. The maximum absolute atomic E-state index is 3.80. The van der Waals surface area contributed by atoms with Gasteiger partial charge in [0.2, 0.25) is 0 Å². The standard InChI is InChI=1S/C11H22N2/c1-9-8-13(2)7-6-11(9)12-10-4-3-5-10/h9-12H,3-8H2,1-2H3. The largest absolute Gasteiger partial charge is 0.311 e. The first kappa shape index (κ1) is 9.47. The molecule has 2 fully saturated rings. The fourth-order valence-corrected chi connectivity index (χ4v) is 2.48. The molecule has 1 aliphatic carbocycles. The molecular formula is C11H22N2. The summed E-state index contributed by atoms with van der Waals surface area (Å²) in [5.74, 6) is 0.833. The Bertz CT molecular complexity index is 165. The van der Waals surface area contributed by atoms with E-state index in [1.54, 1.807) is 0 Å². The van der Waals surface area contributed by atoms with Crippen LogP contribution in [-0.4, -0.2) is 37.1 Å². The Kier molecular flexibility index (Phi) is 2.89. The lowest BCUT2D eigenvalue weighted by Gasteiger charge is -2.39. The summed E-state index contributed by atoms with van der Waals surface area (Å²) in [6, 6.07) is 1.65. The van der Waals surface area contributed by atoms with Crippen molar-refractivity contribution in [3.8, 4) is 0 Å². The molecule has 0 radical (unpaired) electrons. The molecule has 0 aromatic heterocycles. The van der Waals surface area contributed by atoms with Crippen LogP contribution in [0.2, 0.25) is 0 Å². The van der Waals surface area contributed by atoms with Gasteiger partial charge in [0.1, 0.15) is 0 Å². The number of nitrogens with one attached hydrogen (secondary N) is 1. The SMILES string of the molecule is CC1CN(C)CCC1NC1CCC1. The highest BCUT2D eigenvalue weighted by Crippen LogP contribution is 2.23. The van der Waals surface area contributed by atoms with Crippen molar-refractivity contribution in [3.63, 3.8) is 0 Å². The predicted molar refractivity (Wildman–Crippen MR) is 55.8 cm³/mol. The topological polar surface area (TPSA) is 15.3 Å². The number of nitrogens with zero attached hydrogens (tertiary/aromatic N) is 1. The van der Waals surface area contributed by atoms with Crippen molar-refractivity contribution in [2.45, 2.75) is 44.7 Å². The van der Waals surface area contributed by atoms with Crippen molar-refractivity contribution in [2.24, 2.45) is 5.92 Å². The lowest BCUT2D eigenvalue weighted by Crippen LogP contribution is -2.51. The molecule has 0 aromatic carbocycles. The summed E-state index contributed by atoms with van der Waals surface area (Å²) < 4.78 is 0. The zero-order valence-electron chi connectivity index (χ0n) is 8.92. The average Bonchev–Trinajstić information content (AvgIpc) is 1.99. The van der Waals surface area contributed by atoms with Crippen LogP contribution >= 0.6 is 0 Å². The summed E-state index contributed by atoms with van der Waals surface area (Å²) in [5, 5.41) is 3.80. The number of hydrogen-bond donors (Lipinski definition) is 1. The minimum absolute atomic E-state index is 0.793. The summed E-state index contributed by atoms with van der Waals surface area (Å²) in [5.41, 5.74) is 0. The van der Waals surface area contributed by atoms with E-state index in [2.05, 4.69) is 24.2 Å². The van der Waals surface area contributed by atoms with Gasteiger partial charge in [-0.25, -0.2) is 0 Å². The van der Waals surface area contributed by atoms with Crippen LogP contribution in [0, 0.1) is 5.92 Å². The molecule has 1 N–H and O–H groups in total. The van der Waals surface area contributed by atoms with Crippen LogP contribution < -0.4 is 5.32 Å². The summed E-state index contributed by atoms with van der Waals surface area (Å²) >= 11 is 0. The van der Waals surface area contributed by atoms with Gasteiger partial charge in [0, 0.05) is 18.6 Å². The van der Waals surface area contributed by atoms with Gasteiger partial charge in [-0.1, -0.05) is 13.3 Å². The molecule has 2 heteroatoms. The van der Waals surface area contributed by atoms with Gasteiger partial charge in [0.15, 0.2) is 0 Å².